The summed E-state index contributed by atoms with van der Waals surface area (Å²) in [5.41, 5.74) is 1.41. The Hall–Kier alpha value is -1.61. The van der Waals surface area contributed by atoms with Crippen molar-refractivity contribution < 1.29 is 0 Å². The molecule has 3 rings (SSSR count). The van der Waals surface area contributed by atoms with Crippen LogP contribution in [0, 0.1) is 6.92 Å². The van der Waals surface area contributed by atoms with E-state index in [1.54, 1.807) is 0 Å². The van der Waals surface area contributed by atoms with Gasteiger partial charge in [-0.3, -0.25) is 4.90 Å². The number of imidazole rings is 1. The maximum atomic E-state index is 4.31. The van der Waals surface area contributed by atoms with Crippen molar-refractivity contribution >= 4 is 0 Å². The van der Waals surface area contributed by atoms with Gasteiger partial charge >= 0.3 is 0 Å². The van der Waals surface area contributed by atoms with Crippen molar-refractivity contribution in [2.75, 3.05) is 6.54 Å². The first-order valence-corrected chi connectivity index (χ1v) is 7.08. The number of nitrogens with zero attached hydrogens (tertiary/aromatic N) is 3. The van der Waals surface area contributed by atoms with E-state index in [-0.39, 0.29) is 0 Å². The second kappa shape index (κ2) is 5.57. The van der Waals surface area contributed by atoms with Crippen molar-refractivity contribution in [3.05, 3.63) is 54.1 Å². The van der Waals surface area contributed by atoms with Crippen LogP contribution in [0.15, 0.2) is 42.7 Å². The molecule has 0 N–H and O–H groups in total. The third-order valence-electron chi connectivity index (χ3n) is 4.06. The van der Waals surface area contributed by atoms with E-state index in [0.29, 0.717) is 6.04 Å². The molecule has 0 amide bonds. The van der Waals surface area contributed by atoms with Crippen molar-refractivity contribution in [1.29, 1.82) is 0 Å². The fraction of sp³-hybridized carbons (Fsp3) is 0.438. The van der Waals surface area contributed by atoms with E-state index < -0.39 is 0 Å². The van der Waals surface area contributed by atoms with Crippen molar-refractivity contribution in [2.24, 2.45) is 0 Å². The lowest BCUT2D eigenvalue weighted by Crippen LogP contribution is -2.32. The molecule has 1 saturated heterocycles. The van der Waals surface area contributed by atoms with Crippen LogP contribution in [0.2, 0.25) is 0 Å². The topological polar surface area (TPSA) is 21.1 Å². The van der Waals surface area contributed by atoms with Crippen LogP contribution in [0.1, 0.15) is 24.2 Å². The largest absolute Gasteiger partial charge is 0.334 e. The van der Waals surface area contributed by atoms with Gasteiger partial charge in [-0.15, -0.1) is 0 Å². The molecule has 1 aliphatic rings. The molecule has 1 aromatic carbocycles. The Balaban J connectivity index is 1.67. The Morgan fingerprint density at radius 2 is 2.11 bits per heavy atom. The first-order valence-electron chi connectivity index (χ1n) is 7.08. The Labute approximate surface area is 114 Å². The summed E-state index contributed by atoms with van der Waals surface area (Å²) in [7, 11) is 0. The summed E-state index contributed by atoms with van der Waals surface area (Å²) in [6, 6.07) is 11.4. The molecule has 0 bridgehead atoms. The minimum absolute atomic E-state index is 0.646. The zero-order valence-corrected chi connectivity index (χ0v) is 11.5. The Morgan fingerprint density at radius 3 is 2.84 bits per heavy atom. The van der Waals surface area contributed by atoms with E-state index >= 15 is 0 Å². The van der Waals surface area contributed by atoms with Gasteiger partial charge in [-0.05, 0) is 31.9 Å². The van der Waals surface area contributed by atoms with Gasteiger partial charge in [0.25, 0.3) is 0 Å². The highest BCUT2D eigenvalue weighted by atomic mass is 15.2. The molecule has 1 unspecified atom stereocenters. The molecule has 100 valence electrons. The van der Waals surface area contributed by atoms with Gasteiger partial charge in [0.05, 0.1) is 0 Å². The highest BCUT2D eigenvalue weighted by Gasteiger charge is 2.24. The average molecular weight is 255 g/mol. The second-order valence-electron chi connectivity index (χ2n) is 5.38. The summed E-state index contributed by atoms with van der Waals surface area (Å²) in [6.07, 6.45) is 6.59. The molecule has 1 aliphatic heterocycles. The van der Waals surface area contributed by atoms with Gasteiger partial charge in [-0.25, -0.2) is 4.98 Å². The summed E-state index contributed by atoms with van der Waals surface area (Å²) in [4.78, 5) is 6.92. The lowest BCUT2D eigenvalue weighted by molar-refractivity contribution is 0.223. The highest BCUT2D eigenvalue weighted by Crippen LogP contribution is 2.21. The molecule has 0 radical (unpaired) electrons. The molecule has 0 aliphatic carbocycles. The Bertz CT molecular complexity index is 518. The van der Waals surface area contributed by atoms with Gasteiger partial charge in [-0.2, -0.15) is 0 Å². The summed E-state index contributed by atoms with van der Waals surface area (Å²) in [5.74, 6) is 1.12. The van der Waals surface area contributed by atoms with E-state index in [4.69, 9.17) is 0 Å². The molecular weight excluding hydrogens is 234 g/mol. The van der Waals surface area contributed by atoms with Crippen LogP contribution in [0.25, 0.3) is 0 Å². The van der Waals surface area contributed by atoms with E-state index in [0.717, 1.165) is 18.9 Å². The molecule has 3 nitrogen and oxygen atoms in total. The highest BCUT2D eigenvalue weighted by molar-refractivity contribution is 5.14. The first-order chi connectivity index (χ1) is 9.33. The first kappa shape index (κ1) is 12.4. The van der Waals surface area contributed by atoms with E-state index in [9.17, 15) is 0 Å². The second-order valence-corrected chi connectivity index (χ2v) is 5.38. The lowest BCUT2D eigenvalue weighted by atomic mass is 10.2. The Morgan fingerprint density at radius 1 is 1.26 bits per heavy atom. The maximum absolute atomic E-state index is 4.31. The fourth-order valence-electron chi connectivity index (χ4n) is 2.95. The predicted molar refractivity (Wildman–Crippen MR) is 76.8 cm³/mol. The number of hydrogen-bond acceptors (Lipinski definition) is 2. The van der Waals surface area contributed by atoms with Gasteiger partial charge in [0.1, 0.15) is 5.82 Å². The molecular formula is C16H21N3. The molecule has 19 heavy (non-hydrogen) atoms. The zero-order chi connectivity index (χ0) is 13.1. The standard InChI is InChI=1S/C16H21N3/c1-14-17-9-11-18(14)13-16-8-5-10-19(16)12-15-6-3-2-4-7-15/h2-4,6-7,9,11,16H,5,8,10,12-13H2,1H3. The van der Waals surface area contributed by atoms with Crippen LogP contribution in [0.5, 0.6) is 0 Å². The van der Waals surface area contributed by atoms with E-state index in [2.05, 4.69) is 57.9 Å². The van der Waals surface area contributed by atoms with Crippen molar-refractivity contribution in [3.63, 3.8) is 0 Å². The number of hydrogen-bond donors (Lipinski definition) is 0. The number of aromatic nitrogens is 2. The third kappa shape index (κ3) is 2.87. The van der Waals surface area contributed by atoms with Gasteiger partial charge in [-0.1, -0.05) is 30.3 Å². The fourth-order valence-corrected chi connectivity index (χ4v) is 2.95. The predicted octanol–water partition coefficient (Wildman–Crippen LogP) is 2.86. The van der Waals surface area contributed by atoms with Gasteiger partial charge < -0.3 is 4.57 Å². The molecule has 3 heteroatoms. The van der Waals surface area contributed by atoms with Crippen LogP contribution >= 0.6 is 0 Å². The molecule has 2 aromatic rings. The maximum Gasteiger partial charge on any atom is 0.105 e. The molecule has 1 atom stereocenters. The van der Waals surface area contributed by atoms with Crippen LogP contribution < -0.4 is 0 Å². The van der Waals surface area contributed by atoms with Gasteiger partial charge in [0.2, 0.25) is 0 Å². The van der Waals surface area contributed by atoms with Crippen LogP contribution in [-0.2, 0) is 13.1 Å². The number of benzene rings is 1. The third-order valence-corrected chi connectivity index (χ3v) is 4.06. The van der Waals surface area contributed by atoms with Crippen molar-refractivity contribution in [3.8, 4) is 0 Å². The number of aryl methyl sites for hydroxylation is 1. The van der Waals surface area contributed by atoms with Crippen molar-refractivity contribution in [1.82, 2.24) is 14.5 Å². The molecule has 1 aromatic heterocycles. The molecule has 0 saturated carbocycles. The average Bonchev–Trinajstić information content (AvgIpc) is 3.02. The summed E-state index contributed by atoms with van der Waals surface area (Å²) in [5, 5.41) is 0. The number of rotatable bonds is 4. The molecule has 2 heterocycles. The monoisotopic (exact) mass is 255 g/mol. The molecule has 1 fully saturated rings. The smallest absolute Gasteiger partial charge is 0.105 e. The quantitative estimate of drug-likeness (QED) is 0.837. The lowest BCUT2D eigenvalue weighted by Gasteiger charge is -2.25. The minimum Gasteiger partial charge on any atom is -0.334 e. The molecule has 0 spiro atoms. The van der Waals surface area contributed by atoms with Gasteiger partial charge in [0, 0.05) is 31.5 Å². The summed E-state index contributed by atoms with van der Waals surface area (Å²) >= 11 is 0. The number of likely N-dealkylation sites (tertiary alicyclic amines) is 1. The SMILES string of the molecule is Cc1nccn1CC1CCCN1Cc1ccccc1. The van der Waals surface area contributed by atoms with Gasteiger partial charge in [0.15, 0.2) is 0 Å². The zero-order valence-electron chi connectivity index (χ0n) is 11.5. The van der Waals surface area contributed by atoms with Crippen LogP contribution in [-0.4, -0.2) is 27.0 Å². The normalized spacial score (nSPS) is 19.9. The van der Waals surface area contributed by atoms with Crippen LogP contribution in [0.3, 0.4) is 0 Å². The van der Waals surface area contributed by atoms with E-state index in [1.807, 2.05) is 6.20 Å². The minimum atomic E-state index is 0.646. The van der Waals surface area contributed by atoms with Crippen LogP contribution in [0.4, 0.5) is 0 Å². The van der Waals surface area contributed by atoms with Crippen molar-refractivity contribution in [2.45, 2.75) is 38.9 Å². The summed E-state index contributed by atoms with van der Waals surface area (Å²) < 4.78 is 2.27. The van der Waals surface area contributed by atoms with E-state index in [1.165, 1.54) is 24.9 Å². The Kier molecular flexibility index (Phi) is 3.65. The summed E-state index contributed by atoms with van der Waals surface area (Å²) in [6.45, 7) is 5.43.